The van der Waals surface area contributed by atoms with Crippen molar-refractivity contribution in [3.05, 3.63) is 62.4 Å². The summed E-state index contributed by atoms with van der Waals surface area (Å²) in [7, 11) is 1.45. The molecule has 7 heteroatoms. The van der Waals surface area contributed by atoms with Gasteiger partial charge in [-0.15, -0.1) is 0 Å². The van der Waals surface area contributed by atoms with Crippen molar-refractivity contribution in [2.24, 2.45) is 0 Å². The number of nitro groups is 1. The molecular weight excluding hydrogens is 345 g/mol. The maximum atomic E-state index is 13.4. The van der Waals surface area contributed by atoms with E-state index in [0.29, 0.717) is 11.3 Å². The molecule has 0 amide bonds. The summed E-state index contributed by atoms with van der Waals surface area (Å²) in [5.74, 6) is 0.0839. The molecule has 0 saturated heterocycles. The third-order valence-corrected chi connectivity index (χ3v) is 3.67. The molecule has 0 unspecified atom stereocenters. The fraction of sp³-hybridized carbons (Fsp3) is 0.143. The summed E-state index contributed by atoms with van der Waals surface area (Å²) in [5, 5.41) is 11.0. The number of rotatable bonds is 5. The Morgan fingerprint density at radius 2 is 2.10 bits per heavy atom. The Hall–Kier alpha value is -2.15. The lowest BCUT2D eigenvalue weighted by Crippen LogP contribution is -2.01. The lowest BCUT2D eigenvalue weighted by Gasteiger charge is -2.10. The zero-order chi connectivity index (χ0) is 15.4. The van der Waals surface area contributed by atoms with Crippen molar-refractivity contribution in [2.45, 2.75) is 6.61 Å². The highest BCUT2D eigenvalue weighted by Gasteiger charge is 2.17. The normalized spacial score (nSPS) is 10.2. The number of nitrogens with zero attached hydrogens (tertiary/aromatic N) is 1. The molecule has 0 saturated carbocycles. The first-order valence-electron chi connectivity index (χ1n) is 5.91. The SMILES string of the molecule is COc1ccc([N+](=O)[O-])c(OCc2cccc(F)c2Br)c1. The van der Waals surface area contributed by atoms with Crippen molar-refractivity contribution in [3.63, 3.8) is 0 Å². The van der Waals surface area contributed by atoms with Crippen LogP contribution in [0.3, 0.4) is 0 Å². The maximum absolute atomic E-state index is 13.4. The maximum Gasteiger partial charge on any atom is 0.311 e. The fourth-order valence-electron chi connectivity index (χ4n) is 1.70. The number of hydrogen-bond acceptors (Lipinski definition) is 4. The number of benzene rings is 2. The first-order valence-corrected chi connectivity index (χ1v) is 6.70. The summed E-state index contributed by atoms with van der Waals surface area (Å²) in [6, 6.07) is 8.71. The van der Waals surface area contributed by atoms with Crippen molar-refractivity contribution in [3.8, 4) is 11.5 Å². The lowest BCUT2D eigenvalue weighted by atomic mass is 10.2. The molecule has 2 aromatic carbocycles. The van der Waals surface area contributed by atoms with E-state index in [0.717, 1.165) is 0 Å². The van der Waals surface area contributed by atoms with Crippen LogP contribution in [0.25, 0.3) is 0 Å². The van der Waals surface area contributed by atoms with Gasteiger partial charge in [0.1, 0.15) is 18.2 Å². The lowest BCUT2D eigenvalue weighted by molar-refractivity contribution is -0.386. The van der Waals surface area contributed by atoms with Crippen LogP contribution in [0.2, 0.25) is 0 Å². The number of nitro benzene ring substituents is 1. The van der Waals surface area contributed by atoms with E-state index in [1.807, 2.05) is 0 Å². The Morgan fingerprint density at radius 3 is 2.76 bits per heavy atom. The second-order valence-corrected chi connectivity index (χ2v) is 4.89. The van der Waals surface area contributed by atoms with Crippen LogP contribution >= 0.6 is 15.9 Å². The van der Waals surface area contributed by atoms with Gasteiger partial charge in [-0.05, 0) is 28.1 Å². The molecule has 0 aromatic heterocycles. The molecule has 0 fully saturated rings. The van der Waals surface area contributed by atoms with Gasteiger partial charge >= 0.3 is 5.69 Å². The van der Waals surface area contributed by atoms with Crippen LogP contribution in [0, 0.1) is 15.9 Å². The van der Waals surface area contributed by atoms with E-state index in [2.05, 4.69) is 15.9 Å². The average Bonchev–Trinajstić information content (AvgIpc) is 2.48. The van der Waals surface area contributed by atoms with Gasteiger partial charge in [0.15, 0.2) is 0 Å². The molecule has 0 aliphatic carbocycles. The standard InChI is InChI=1S/C14H11BrFNO4/c1-20-10-5-6-12(17(18)19)13(7-10)21-8-9-3-2-4-11(16)14(9)15/h2-7H,8H2,1H3. The van der Waals surface area contributed by atoms with Crippen LogP contribution in [-0.4, -0.2) is 12.0 Å². The molecule has 21 heavy (non-hydrogen) atoms. The van der Waals surface area contributed by atoms with E-state index in [-0.39, 0.29) is 22.5 Å². The van der Waals surface area contributed by atoms with Crippen molar-refractivity contribution < 1.29 is 18.8 Å². The van der Waals surface area contributed by atoms with Gasteiger partial charge in [-0.2, -0.15) is 0 Å². The third-order valence-electron chi connectivity index (χ3n) is 2.78. The van der Waals surface area contributed by atoms with Gasteiger partial charge in [0.2, 0.25) is 5.75 Å². The summed E-state index contributed by atoms with van der Waals surface area (Å²) < 4.78 is 24.1. The topological polar surface area (TPSA) is 61.6 Å². The van der Waals surface area contributed by atoms with Crippen LogP contribution in [0.5, 0.6) is 11.5 Å². The van der Waals surface area contributed by atoms with Gasteiger partial charge in [0.25, 0.3) is 0 Å². The van der Waals surface area contributed by atoms with Crippen molar-refractivity contribution in [1.29, 1.82) is 0 Å². The van der Waals surface area contributed by atoms with Gasteiger partial charge < -0.3 is 9.47 Å². The van der Waals surface area contributed by atoms with E-state index in [4.69, 9.17) is 9.47 Å². The molecule has 2 rings (SSSR count). The highest BCUT2D eigenvalue weighted by atomic mass is 79.9. The monoisotopic (exact) mass is 355 g/mol. The second kappa shape index (κ2) is 6.53. The van der Waals surface area contributed by atoms with Crippen molar-refractivity contribution in [2.75, 3.05) is 7.11 Å². The van der Waals surface area contributed by atoms with Gasteiger partial charge in [0, 0.05) is 17.7 Å². The Labute approximate surface area is 128 Å². The molecule has 2 aromatic rings. The molecular formula is C14H11BrFNO4. The predicted molar refractivity (Wildman–Crippen MR) is 78.1 cm³/mol. The van der Waals surface area contributed by atoms with Gasteiger partial charge in [0.05, 0.1) is 16.5 Å². The quantitative estimate of drug-likeness (QED) is 0.598. The fourth-order valence-corrected chi connectivity index (χ4v) is 2.08. The molecule has 110 valence electrons. The second-order valence-electron chi connectivity index (χ2n) is 4.09. The summed E-state index contributed by atoms with van der Waals surface area (Å²) in [5.41, 5.74) is 0.371. The summed E-state index contributed by atoms with van der Waals surface area (Å²) in [4.78, 5) is 10.4. The molecule has 0 bridgehead atoms. The Balaban J connectivity index is 2.26. The molecule has 0 aliphatic heterocycles. The summed E-state index contributed by atoms with van der Waals surface area (Å²) >= 11 is 3.12. The Morgan fingerprint density at radius 1 is 1.33 bits per heavy atom. The minimum atomic E-state index is -0.546. The molecule has 0 atom stereocenters. The summed E-state index contributed by atoms with van der Waals surface area (Å²) in [6.45, 7) is -0.00759. The molecule has 0 aliphatic rings. The predicted octanol–water partition coefficient (Wildman–Crippen LogP) is 4.08. The number of ether oxygens (including phenoxy) is 2. The molecule has 0 heterocycles. The van der Waals surface area contributed by atoms with Crippen LogP contribution in [0.15, 0.2) is 40.9 Å². The molecule has 0 spiro atoms. The minimum absolute atomic E-state index is 0.00759. The Bertz CT molecular complexity index is 678. The highest BCUT2D eigenvalue weighted by molar-refractivity contribution is 9.10. The number of hydrogen-bond donors (Lipinski definition) is 0. The van der Waals surface area contributed by atoms with Gasteiger partial charge in [-0.25, -0.2) is 4.39 Å². The van der Waals surface area contributed by atoms with Crippen molar-refractivity contribution in [1.82, 2.24) is 0 Å². The first kappa shape index (κ1) is 15.2. The number of methoxy groups -OCH3 is 1. The van der Waals surface area contributed by atoms with Crippen LogP contribution < -0.4 is 9.47 Å². The van der Waals surface area contributed by atoms with E-state index in [1.54, 1.807) is 12.1 Å². The molecule has 5 nitrogen and oxygen atoms in total. The van der Waals surface area contributed by atoms with Crippen LogP contribution in [0.1, 0.15) is 5.56 Å². The minimum Gasteiger partial charge on any atom is -0.497 e. The Kier molecular flexibility index (Phi) is 4.74. The van der Waals surface area contributed by atoms with E-state index in [9.17, 15) is 14.5 Å². The highest BCUT2D eigenvalue weighted by Crippen LogP contribution is 2.32. The zero-order valence-corrected chi connectivity index (χ0v) is 12.6. The van der Waals surface area contributed by atoms with Crippen LogP contribution in [0.4, 0.5) is 10.1 Å². The van der Waals surface area contributed by atoms with E-state index in [1.165, 1.54) is 31.4 Å². The van der Waals surface area contributed by atoms with Gasteiger partial charge in [-0.3, -0.25) is 10.1 Å². The summed E-state index contributed by atoms with van der Waals surface area (Å²) in [6.07, 6.45) is 0. The van der Waals surface area contributed by atoms with Gasteiger partial charge in [-0.1, -0.05) is 12.1 Å². The van der Waals surface area contributed by atoms with Crippen LogP contribution in [-0.2, 0) is 6.61 Å². The van der Waals surface area contributed by atoms with E-state index < -0.39 is 10.7 Å². The molecule has 0 radical (unpaired) electrons. The zero-order valence-electron chi connectivity index (χ0n) is 11.0. The van der Waals surface area contributed by atoms with E-state index >= 15 is 0 Å². The largest absolute Gasteiger partial charge is 0.497 e. The first-order chi connectivity index (χ1) is 10.0. The van der Waals surface area contributed by atoms with Crippen molar-refractivity contribution >= 4 is 21.6 Å². The number of halogens is 2. The third kappa shape index (κ3) is 3.49. The smallest absolute Gasteiger partial charge is 0.311 e. The average molecular weight is 356 g/mol. The molecule has 0 N–H and O–H groups in total.